The number of hydrogen-bond acceptors (Lipinski definition) is 5. The van der Waals surface area contributed by atoms with E-state index in [1.807, 2.05) is 0 Å². The van der Waals surface area contributed by atoms with Crippen molar-refractivity contribution in [3.63, 3.8) is 0 Å². The van der Waals surface area contributed by atoms with Crippen LogP contribution in [0.4, 0.5) is 20.2 Å². The Labute approximate surface area is 208 Å². The van der Waals surface area contributed by atoms with Crippen LogP contribution in [-0.4, -0.2) is 54.2 Å². The van der Waals surface area contributed by atoms with Crippen LogP contribution in [0.15, 0.2) is 76.5 Å². The fraction of sp³-hybridized carbons (Fsp3) is 0.208. The van der Waals surface area contributed by atoms with Crippen molar-refractivity contribution in [2.45, 2.75) is 16.2 Å². The summed E-state index contributed by atoms with van der Waals surface area (Å²) < 4.78 is 80.6. The summed E-state index contributed by atoms with van der Waals surface area (Å²) in [5.74, 6) is -1.77. The molecule has 0 atom stereocenters. The van der Waals surface area contributed by atoms with Crippen molar-refractivity contribution in [3.05, 3.63) is 83.9 Å². The summed E-state index contributed by atoms with van der Waals surface area (Å²) >= 11 is 0. The first-order valence-electron chi connectivity index (χ1n) is 10.8. The second-order valence-electron chi connectivity index (χ2n) is 8.32. The maximum Gasteiger partial charge on any atom is 0.264 e. The number of fused-ring (bicyclic) bond motifs is 1. The molecule has 0 radical (unpaired) electrons. The van der Waals surface area contributed by atoms with Crippen LogP contribution >= 0.6 is 0 Å². The number of hydrogen-bond donors (Lipinski definition) is 0. The van der Waals surface area contributed by atoms with Crippen molar-refractivity contribution >= 4 is 37.3 Å². The second-order valence-corrected chi connectivity index (χ2v) is 12.3. The summed E-state index contributed by atoms with van der Waals surface area (Å²) in [6, 6.07) is 13.2. The summed E-state index contributed by atoms with van der Waals surface area (Å²) in [7, 11) is -5.13. The van der Waals surface area contributed by atoms with Crippen molar-refractivity contribution < 1.29 is 30.4 Å². The number of carbonyl (C=O) groups is 1. The minimum atomic E-state index is -4.31. The van der Waals surface area contributed by atoms with Crippen LogP contribution in [0.25, 0.3) is 0 Å². The van der Waals surface area contributed by atoms with Gasteiger partial charge in [0, 0.05) is 26.3 Å². The van der Waals surface area contributed by atoms with E-state index in [1.54, 1.807) is 0 Å². The predicted octanol–water partition coefficient (Wildman–Crippen LogP) is 3.00. The van der Waals surface area contributed by atoms with E-state index in [2.05, 4.69) is 0 Å². The van der Waals surface area contributed by atoms with E-state index in [1.165, 1.54) is 49.3 Å². The summed E-state index contributed by atoms with van der Waals surface area (Å²) in [4.78, 5) is 14.6. The molecular weight excluding hydrogens is 512 g/mol. The van der Waals surface area contributed by atoms with Crippen molar-refractivity contribution in [1.82, 2.24) is 4.31 Å². The number of halogens is 2. The van der Waals surface area contributed by atoms with Gasteiger partial charge in [-0.05, 0) is 78.7 Å². The van der Waals surface area contributed by atoms with Crippen molar-refractivity contribution in [1.29, 1.82) is 0 Å². The first-order valence-corrected chi connectivity index (χ1v) is 13.7. The molecule has 0 aromatic heterocycles. The molecular formula is C24H23F2N3O5S2. The predicted molar refractivity (Wildman–Crippen MR) is 131 cm³/mol. The number of benzene rings is 3. The number of rotatable bonds is 7. The van der Waals surface area contributed by atoms with Gasteiger partial charge < -0.3 is 4.90 Å². The molecule has 0 fully saturated rings. The zero-order valence-electron chi connectivity index (χ0n) is 19.4. The van der Waals surface area contributed by atoms with Gasteiger partial charge in [0.25, 0.3) is 10.0 Å². The molecule has 1 heterocycles. The van der Waals surface area contributed by atoms with E-state index in [4.69, 9.17) is 0 Å². The Balaban J connectivity index is 1.67. The van der Waals surface area contributed by atoms with Gasteiger partial charge in [0.05, 0.1) is 15.5 Å². The topological polar surface area (TPSA) is 95.1 Å². The maximum atomic E-state index is 13.5. The van der Waals surface area contributed by atoms with Gasteiger partial charge in [0.1, 0.15) is 18.2 Å². The largest absolute Gasteiger partial charge is 0.310 e. The van der Waals surface area contributed by atoms with E-state index < -0.39 is 44.1 Å². The number of anilines is 2. The van der Waals surface area contributed by atoms with Crippen LogP contribution in [0, 0.1) is 11.6 Å². The lowest BCUT2D eigenvalue weighted by Gasteiger charge is -2.27. The van der Waals surface area contributed by atoms with Gasteiger partial charge in [0.15, 0.2) is 0 Å². The third kappa shape index (κ3) is 4.84. The minimum absolute atomic E-state index is 0.0564. The van der Waals surface area contributed by atoms with Crippen LogP contribution in [0.2, 0.25) is 0 Å². The van der Waals surface area contributed by atoms with Gasteiger partial charge in [0.2, 0.25) is 15.9 Å². The van der Waals surface area contributed by atoms with Gasteiger partial charge in [-0.25, -0.2) is 29.9 Å². The lowest BCUT2D eigenvalue weighted by molar-refractivity contribution is -0.117. The van der Waals surface area contributed by atoms with Gasteiger partial charge >= 0.3 is 0 Å². The molecule has 12 heteroatoms. The highest BCUT2D eigenvalue weighted by molar-refractivity contribution is 7.92. The highest BCUT2D eigenvalue weighted by atomic mass is 32.2. The molecule has 0 N–H and O–H groups in total. The van der Waals surface area contributed by atoms with Crippen molar-refractivity contribution in [2.75, 3.05) is 36.4 Å². The average molecular weight is 536 g/mol. The molecule has 36 heavy (non-hydrogen) atoms. The Morgan fingerprint density at radius 2 is 1.39 bits per heavy atom. The molecule has 190 valence electrons. The van der Waals surface area contributed by atoms with E-state index in [0.29, 0.717) is 17.7 Å². The zero-order chi connectivity index (χ0) is 26.3. The van der Waals surface area contributed by atoms with Gasteiger partial charge in [-0.1, -0.05) is 0 Å². The second kappa shape index (κ2) is 9.60. The molecule has 0 bridgehead atoms. The molecule has 8 nitrogen and oxygen atoms in total. The summed E-state index contributed by atoms with van der Waals surface area (Å²) in [6.45, 7) is -0.379. The molecule has 0 saturated carbocycles. The zero-order valence-corrected chi connectivity index (χ0v) is 21.1. The molecule has 1 aliphatic rings. The number of amides is 1. The number of nitrogens with zero attached hydrogens (tertiary/aromatic N) is 3. The molecule has 0 unspecified atom stereocenters. The molecule has 0 aliphatic carbocycles. The smallest absolute Gasteiger partial charge is 0.264 e. The highest BCUT2D eigenvalue weighted by Gasteiger charge is 2.32. The standard InChI is InChI=1S/C24H23F2N3O5S2/c1-27(2)35(31,32)22-11-12-23-17(15-22)13-14-28(23)24(30)16-29(20-7-3-18(25)4-8-20)36(33,34)21-9-5-19(26)6-10-21/h3-12,15H,13-14,16H2,1-2H3. The van der Waals surface area contributed by atoms with Crippen molar-refractivity contribution in [2.24, 2.45) is 0 Å². The Morgan fingerprint density at radius 3 is 1.97 bits per heavy atom. The van der Waals surface area contributed by atoms with E-state index in [-0.39, 0.29) is 22.0 Å². The van der Waals surface area contributed by atoms with Gasteiger partial charge in [-0.15, -0.1) is 0 Å². The third-order valence-electron chi connectivity index (χ3n) is 5.82. The monoisotopic (exact) mass is 535 g/mol. The Kier molecular flexibility index (Phi) is 6.86. The summed E-state index contributed by atoms with van der Waals surface area (Å²) in [5, 5.41) is 0. The van der Waals surface area contributed by atoms with Crippen LogP contribution in [0.3, 0.4) is 0 Å². The fourth-order valence-corrected chi connectivity index (χ4v) is 6.24. The average Bonchev–Trinajstić information content (AvgIpc) is 3.26. The number of carbonyl (C=O) groups excluding carboxylic acids is 1. The molecule has 0 saturated heterocycles. The lowest BCUT2D eigenvalue weighted by Crippen LogP contribution is -2.42. The molecule has 1 aliphatic heterocycles. The van der Waals surface area contributed by atoms with Gasteiger partial charge in [-0.2, -0.15) is 0 Å². The third-order valence-corrected chi connectivity index (χ3v) is 9.42. The minimum Gasteiger partial charge on any atom is -0.310 e. The molecule has 1 amide bonds. The van der Waals surface area contributed by atoms with E-state index >= 15 is 0 Å². The fourth-order valence-electron chi connectivity index (χ4n) is 3.87. The maximum absolute atomic E-state index is 13.5. The Hall–Kier alpha value is -3.35. The van der Waals surface area contributed by atoms with E-state index in [9.17, 15) is 30.4 Å². The Morgan fingerprint density at radius 1 is 0.833 bits per heavy atom. The first kappa shape index (κ1) is 25.7. The SMILES string of the molecule is CN(C)S(=O)(=O)c1ccc2c(c1)CCN2C(=O)CN(c1ccc(F)cc1)S(=O)(=O)c1ccc(F)cc1. The quantitative estimate of drug-likeness (QED) is 0.464. The van der Waals surface area contributed by atoms with Crippen LogP contribution in [0.5, 0.6) is 0 Å². The van der Waals surface area contributed by atoms with Crippen LogP contribution in [0.1, 0.15) is 5.56 Å². The lowest BCUT2D eigenvalue weighted by atomic mass is 10.2. The molecule has 0 spiro atoms. The van der Waals surface area contributed by atoms with Crippen LogP contribution < -0.4 is 9.21 Å². The summed E-state index contributed by atoms with van der Waals surface area (Å²) in [6.07, 6.45) is 0.388. The Bertz CT molecular complexity index is 1510. The van der Waals surface area contributed by atoms with Gasteiger partial charge in [-0.3, -0.25) is 9.10 Å². The molecule has 4 rings (SSSR count). The highest BCUT2D eigenvalue weighted by Crippen LogP contribution is 2.32. The number of sulfonamides is 2. The van der Waals surface area contributed by atoms with Crippen molar-refractivity contribution in [3.8, 4) is 0 Å². The van der Waals surface area contributed by atoms with E-state index in [0.717, 1.165) is 45.0 Å². The summed E-state index contributed by atoms with van der Waals surface area (Å²) in [5.41, 5.74) is 1.18. The van der Waals surface area contributed by atoms with Crippen LogP contribution in [-0.2, 0) is 31.3 Å². The normalized spacial score (nSPS) is 13.6. The molecule has 3 aromatic rings. The molecule has 3 aromatic carbocycles. The first-order chi connectivity index (χ1) is 16.9.